The number of nitrogens with one attached hydrogen (secondary N) is 1. The van der Waals surface area contributed by atoms with Crippen LogP contribution in [0.25, 0.3) is 0 Å². The molecule has 1 aliphatic heterocycles. The second-order valence-electron chi connectivity index (χ2n) is 5.92. The molecule has 1 N–H and O–H groups in total. The highest BCUT2D eigenvalue weighted by Crippen LogP contribution is 2.23. The highest BCUT2D eigenvalue weighted by molar-refractivity contribution is 5.73. The molecule has 0 radical (unpaired) electrons. The predicted octanol–water partition coefficient (Wildman–Crippen LogP) is 1.29. The van der Waals surface area contributed by atoms with Gasteiger partial charge in [-0.05, 0) is 32.1 Å². The Bertz CT molecular complexity index is 301. The fraction of sp³-hybridized carbons (Fsp3) is 0.929. The molecule has 2 amide bonds. The maximum Gasteiger partial charge on any atom is 0.319 e. The number of rotatable bonds is 3. The number of carbonyl (C=O) groups is 1. The highest BCUT2D eigenvalue weighted by Gasteiger charge is 2.31. The van der Waals surface area contributed by atoms with Crippen LogP contribution in [-0.2, 0) is 4.74 Å². The first-order valence-electron chi connectivity index (χ1n) is 7.37. The van der Waals surface area contributed by atoms with Gasteiger partial charge < -0.3 is 19.9 Å². The Morgan fingerprint density at radius 3 is 2.47 bits per heavy atom. The zero-order valence-electron chi connectivity index (χ0n) is 12.4. The molecule has 0 spiro atoms. The zero-order chi connectivity index (χ0) is 13.8. The second kappa shape index (κ2) is 6.57. The lowest BCUT2D eigenvalue weighted by atomic mass is 10.0. The number of piperidine rings is 1. The number of nitrogens with zero attached hydrogens (tertiary/aromatic N) is 2. The van der Waals surface area contributed by atoms with Crippen LogP contribution in [-0.4, -0.2) is 68.3 Å². The highest BCUT2D eigenvalue weighted by atomic mass is 16.5. The molecule has 0 aromatic carbocycles. The van der Waals surface area contributed by atoms with E-state index in [2.05, 4.69) is 5.32 Å². The van der Waals surface area contributed by atoms with E-state index >= 15 is 0 Å². The van der Waals surface area contributed by atoms with E-state index in [0.29, 0.717) is 18.2 Å². The Balaban J connectivity index is 1.76. The molecule has 1 saturated carbocycles. The van der Waals surface area contributed by atoms with Crippen LogP contribution in [0.3, 0.4) is 0 Å². The minimum atomic E-state index is 0.133. The Morgan fingerprint density at radius 1 is 1.21 bits per heavy atom. The summed E-state index contributed by atoms with van der Waals surface area (Å²) in [6, 6.07) is 1.17. The van der Waals surface area contributed by atoms with Crippen LogP contribution < -0.4 is 5.32 Å². The van der Waals surface area contributed by atoms with Crippen molar-refractivity contribution in [3.8, 4) is 0 Å². The lowest BCUT2D eigenvalue weighted by Crippen LogP contribution is -2.51. The van der Waals surface area contributed by atoms with E-state index in [1.165, 1.54) is 19.3 Å². The number of methoxy groups -OCH3 is 1. The lowest BCUT2D eigenvalue weighted by molar-refractivity contribution is 0.0762. The Kier molecular flexibility index (Phi) is 5.05. The molecule has 5 nitrogen and oxygen atoms in total. The fourth-order valence-corrected chi connectivity index (χ4v) is 3.22. The minimum Gasteiger partial charge on any atom is -0.380 e. The molecule has 1 aliphatic carbocycles. The first-order valence-corrected chi connectivity index (χ1v) is 7.37. The van der Waals surface area contributed by atoms with Crippen LogP contribution in [0.1, 0.15) is 32.1 Å². The summed E-state index contributed by atoms with van der Waals surface area (Å²) in [6.45, 7) is 1.72. The van der Waals surface area contributed by atoms with Crippen molar-refractivity contribution in [1.29, 1.82) is 0 Å². The van der Waals surface area contributed by atoms with Gasteiger partial charge in [0.15, 0.2) is 0 Å². The van der Waals surface area contributed by atoms with Crippen molar-refractivity contribution in [3.63, 3.8) is 0 Å². The van der Waals surface area contributed by atoms with Gasteiger partial charge in [-0.3, -0.25) is 0 Å². The molecule has 2 unspecified atom stereocenters. The SMILES string of the molecule is COC1CCCC1NC1CCN(C(=O)N(C)C)CC1. The van der Waals surface area contributed by atoms with E-state index in [0.717, 1.165) is 25.9 Å². The molecule has 2 atom stereocenters. The molecule has 5 heteroatoms. The summed E-state index contributed by atoms with van der Waals surface area (Å²) in [7, 11) is 5.44. The molecule has 19 heavy (non-hydrogen) atoms. The van der Waals surface area contributed by atoms with Crippen molar-refractivity contribution >= 4 is 6.03 Å². The first-order chi connectivity index (χ1) is 9.11. The van der Waals surface area contributed by atoms with Gasteiger partial charge in [0.05, 0.1) is 6.10 Å². The topological polar surface area (TPSA) is 44.8 Å². The number of hydrogen-bond acceptors (Lipinski definition) is 3. The van der Waals surface area contributed by atoms with E-state index in [4.69, 9.17) is 4.74 Å². The summed E-state index contributed by atoms with van der Waals surface area (Å²) < 4.78 is 5.52. The quantitative estimate of drug-likeness (QED) is 0.839. The van der Waals surface area contributed by atoms with Gasteiger partial charge in [0, 0.05) is 46.4 Å². The molecular weight excluding hydrogens is 242 g/mol. The number of urea groups is 1. The fourth-order valence-electron chi connectivity index (χ4n) is 3.22. The number of hydrogen-bond donors (Lipinski definition) is 1. The van der Waals surface area contributed by atoms with Gasteiger partial charge in [-0.2, -0.15) is 0 Å². The number of ether oxygens (including phenoxy) is 1. The molecule has 2 aliphatic rings. The van der Waals surface area contributed by atoms with Crippen molar-refractivity contribution in [2.75, 3.05) is 34.3 Å². The van der Waals surface area contributed by atoms with Gasteiger partial charge in [-0.15, -0.1) is 0 Å². The standard InChI is InChI=1S/C14H27N3O2/c1-16(2)14(18)17-9-7-11(8-10-17)15-12-5-4-6-13(12)19-3/h11-13,15H,4-10H2,1-3H3. The molecule has 0 bridgehead atoms. The molecule has 1 heterocycles. The van der Waals surface area contributed by atoms with E-state index in [9.17, 15) is 4.79 Å². The van der Waals surface area contributed by atoms with Gasteiger partial charge in [0.1, 0.15) is 0 Å². The normalized spacial score (nSPS) is 28.7. The van der Waals surface area contributed by atoms with E-state index in [-0.39, 0.29) is 6.03 Å². The van der Waals surface area contributed by atoms with E-state index in [1.807, 2.05) is 26.1 Å². The summed E-state index contributed by atoms with van der Waals surface area (Å²) in [5.41, 5.74) is 0. The number of likely N-dealkylation sites (tertiary alicyclic amines) is 1. The predicted molar refractivity (Wildman–Crippen MR) is 75.2 cm³/mol. The van der Waals surface area contributed by atoms with Crippen molar-refractivity contribution in [2.45, 2.75) is 50.3 Å². The van der Waals surface area contributed by atoms with Crippen molar-refractivity contribution in [2.24, 2.45) is 0 Å². The Hall–Kier alpha value is -0.810. The average molecular weight is 269 g/mol. The first kappa shape index (κ1) is 14.6. The van der Waals surface area contributed by atoms with Crippen molar-refractivity contribution in [3.05, 3.63) is 0 Å². The Labute approximate surface area is 116 Å². The van der Waals surface area contributed by atoms with Crippen LogP contribution >= 0.6 is 0 Å². The van der Waals surface area contributed by atoms with Crippen LogP contribution in [0, 0.1) is 0 Å². The second-order valence-corrected chi connectivity index (χ2v) is 5.92. The lowest BCUT2D eigenvalue weighted by Gasteiger charge is -2.36. The average Bonchev–Trinajstić information content (AvgIpc) is 2.86. The van der Waals surface area contributed by atoms with Crippen LogP contribution in [0.15, 0.2) is 0 Å². The van der Waals surface area contributed by atoms with Gasteiger partial charge >= 0.3 is 6.03 Å². The summed E-state index contributed by atoms with van der Waals surface area (Å²) in [6.07, 6.45) is 6.12. The number of carbonyl (C=O) groups excluding carboxylic acids is 1. The third-order valence-corrected chi connectivity index (χ3v) is 4.35. The third-order valence-electron chi connectivity index (χ3n) is 4.35. The van der Waals surface area contributed by atoms with Gasteiger partial charge in [0.2, 0.25) is 0 Å². The maximum absolute atomic E-state index is 11.9. The third kappa shape index (κ3) is 3.60. The molecule has 110 valence electrons. The zero-order valence-corrected chi connectivity index (χ0v) is 12.4. The summed E-state index contributed by atoms with van der Waals surface area (Å²) in [5.74, 6) is 0. The molecule has 1 saturated heterocycles. The molecule has 0 aromatic heterocycles. The van der Waals surface area contributed by atoms with E-state index in [1.54, 1.807) is 4.90 Å². The smallest absolute Gasteiger partial charge is 0.319 e. The minimum absolute atomic E-state index is 0.133. The summed E-state index contributed by atoms with van der Waals surface area (Å²) in [4.78, 5) is 15.5. The van der Waals surface area contributed by atoms with Crippen molar-refractivity contribution in [1.82, 2.24) is 15.1 Å². The van der Waals surface area contributed by atoms with Gasteiger partial charge in [-0.1, -0.05) is 0 Å². The van der Waals surface area contributed by atoms with Crippen molar-refractivity contribution < 1.29 is 9.53 Å². The van der Waals surface area contributed by atoms with Gasteiger partial charge in [0.25, 0.3) is 0 Å². The van der Waals surface area contributed by atoms with E-state index < -0.39 is 0 Å². The van der Waals surface area contributed by atoms with Crippen LogP contribution in [0.2, 0.25) is 0 Å². The summed E-state index contributed by atoms with van der Waals surface area (Å²) in [5, 5.41) is 3.73. The molecule has 2 rings (SSSR count). The van der Waals surface area contributed by atoms with Crippen LogP contribution in [0.5, 0.6) is 0 Å². The monoisotopic (exact) mass is 269 g/mol. The summed E-state index contributed by atoms with van der Waals surface area (Å²) >= 11 is 0. The largest absolute Gasteiger partial charge is 0.380 e. The molecular formula is C14H27N3O2. The van der Waals surface area contributed by atoms with Gasteiger partial charge in [-0.25, -0.2) is 4.79 Å². The Morgan fingerprint density at radius 2 is 1.89 bits per heavy atom. The number of amides is 2. The molecule has 2 fully saturated rings. The molecule has 0 aromatic rings. The van der Waals surface area contributed by atoms with Crippen LogP contribution in [0.4, 0.5) is 4.79 Å². The maximum atomic E-state index is 11.9.